The molecule has 9 heteroatoms. The van der Waals surface area contributed by atoms with Crippen molar-refractivity contribution in [1.29, 1.82) is 0 Å². The molecule has 0 amide bonds. The molecule has 0 N–H and O–H groups in total. The number of hydrogen-bond acceptors (Lipinski definition) is 9. The summed E-state index contributed by atoms with van der Waals surface area (Å²) in [5, 5.41) is 0. The highest BCUT2D eigenvalue weighted by molar-refractivity contribution is 5.78. The van der Waals surface area contributed by atoms with Crippen LogP contribution < -0.4 is 0 Å². The van der Waals surface area contributed by atoms with Crippen LogP contribution in [0, 0.1) is 0 Å². The van der Waals surface area contributed by atoms with Crippen LogP contribution in [0.15, 0.2) is 0 Å². The van der Waals surface area contributed by atoms with Gasteiger partial charge < -0.3 is 18.9 Å². The molecule has 0 saturated carbocycles. The number of Topliss-reactive ketones (excluding diaryl/α,β-unsaturated/α-hetero) is 1. The summed E-state index contributed by atoms with van der Waals surface area (Å²) in [5.74, 6) is -1.04. The normalized spacial score (nSPS) is 10.6. The Hall–Kier alpha value is -2.45. The molecule has 0 aromatic heterocycles. The van der Waals surface area contributed by atoms with Crippen molar-refractivity contribution in [3.8, 4) is 0 Å². The Bertz CT molecular complexity index is 660. The molecule has 0 bridgehead atoms. The minimum absolute atomic E-state index is 0.0516. The lowest BCUT2D eigenvalue weighted by Gasteiger charge is -2.07. The topological polar surface area (TPSA) is 122 Å². The smallest absolute Gasteiger partial charge is 0.305 e. The van der Waals surface area contributed by atoms with Crippen molar-refractivity contribution < 1.29 is 42.9 Å². The van der Waals surface area contributed by atoms with Crippen LogP contribution in [0.25, 0.3) is 0 Å². The fourth-order valence-electron chi connectivity index (χ4n) is 3.65. The van der Waals surface area contributed by atoms with E-state index in [1.807, 2.05) is 0 Å². The first-order valence-electron chi connectivity index (χ1n) is 14.5. The molecule has 0 aromatic rings. The van der Waals surface area contributed by atoms with E-state index in [0.29, 0.717) is 44.9 Å². The molecule has 0 unspecified atom stereocenters. The van der Waals surface area contributed by atoms with E-state index in [9.17, 15) is 24.0 Å². The third-order valence-electron chi connectivity index (χ3n) is 5.92. The number of unbranched alkanes of at least 4 members (excludes halogenated alkanes) is 9. The highest BCUT2D eigenvalue weighted by Gasteiger charge is 2.08. The number of ether oxygens (including phenoxy) is 4. The highest BCUT2D eigenvalue weighted by atomic mass is 16.6. The van der Waals surface area contributed by atoms with Crippen LogP contribution in [-0.4, -0.2) is 56.1 Å². The van der Waals surface area contributed by atoms with E-state index in [1.54, 1.807) is 6.92 Å². The number of carbonyl (C=O) groups excluding carboxylic acids is 5. The van der Waals surface area contributed by atoms with Crippen LogP contribution >= 0.6 is 0 Å². The largest absolute Gasteiger partial charge is 0.462 e. The van der Waals surface area contributed by atoms with Gasteiger partial charge in [-0.05, 0) is 32.1 Å². The van der Waals surface area contributed by atoms with Gasteiger partial charge in [-0.25, -0.2) is 0 Å². The van der Waals surface area contributed by atoms with Gasteiger partial charge in [0.2, 0.25) is 0 Å². The van der Waals surface area contributed by atoms with Gasteiger partial charge in [-0.1, -0.05) is 58.8 Å². The highest BCUT2D eigenvalue weighted by Crippen LogP contribution is 2.10. The van der Waals surface area contributed by atoms with Gasteiger partial charge in [0.1, 0.15) is 32.2 Å². The molecule has 0 radical (unpaired) electrons. The van der Waals surface area contributed by atoms with Crippen molar-refractivity contribution in [3.05, 3.63) is 0 Å². The quantitative estimate of drug-likeness (QED) is 0.0759. The van der Waals surface area contributed by atoms with Crippen LogP contribution in [0.2, 0.25) is 0 Å². The lowest BCUT2D eigenvalue weighted by Crippen LogP contribution is -2.13. The van der Waals surface area contributed by atoms with Crippen LogP contribution in [0.1, 0.15) is 129 Å². The van der Waals surface area contributed by atoms with Gasteiger partial charge >= 0.3 is 23.9 Å². The fraction of sp³-hybridized carbons (Fsp3) is 0.828. The average Bonchev–Trinajstić information content (AvgIpc) is 2.90. The second kappa shape index (κ2) is 26.2. The van der Waals surface area contributed by atoms with Crippen molar-refractivity contribution in [2.24, 2.45) is 0 Å². The zero-order chi connectivity index (χ0) is 28.3. The molecule has 0 fully saturated rings. The molecule has 0 saturated heterocycles. The van der Waals surface area contributed by atoms with E-state index in [1.165, 1.54) is 19.3 Å². The van der Waals surface area contributed by atoms with Gasteiger partial charge in [0, 0.05) is 38.5 Å². The van der Waals surface area contributed by atoms with Gasteiger partial charge in [-0.3, -0.25) is 24.0 Å². The molecule has 0 aliphatic heterocycles. The van der Waals surface area contributed by atoms with E-state index in [-0.39, 0.29) is 68.9 Å². The predicted octanol–water partition coefficient (Wildman–Crippen LogP) is 5.79. The van der Waals surface area contributed by atoms with Crippen molar-refractivity contribution in [2.45, 2.75) is 129 Å². The van der Waals surface area contributed by atoms with Gasteiger partial charge in [0.05, 0.1) is 0 Å². The summed E-state index contributed by atoms with van der Waals surface area (Å²) in [6.07, 6.45) is 13.3. The predicted molar refractivity (Wildman–Crippen MR) is 143 cm³/mol. The zero-order valence-corrected chi connectivity index (χ0v) is 23.7. The Balaban J connectivity index is 3.48. The van der Waals surface area contributed by atoms with Gasteiger partial charge in [-0.2, -0.15) is 0 Å². The first kappa shape index (κ1) is 35.5. The van der Waals surface area contributed by atoms with Crippen LogP contribution in [0.4, 0.5) is 0 Å². The van der Waals surface area contributed by atoms with Gasteiger partial charge in [0.15, 0.2) is 0 Å². The second-order valence-electron chi connectivity index (χ2n) is 9.41. The SMILES string of the molecule is CCCCCCCCC(=O)OCCOC(=O)CCCCCCC(=O)CCCCC(=O)OCCOC(=O)CC. The van der Waals surface area contributed by atoms with E-state index in [2.05, 4.69) is 6.92 Å². The van der Waals surface area contributed by atoms with E-state index in [0.717, 1.165) is 38.5 Å². The molecule has 0 aromatic carbocycles. The number of esters is 4. The molecule has 38 heavy (non-hydrogen) atoms. The number of rotatable bonds is 26. The molecule has 0 atom stereocenters. The van der Waals surface area contributed by atoms with E-state index >= 15 is 0 Å². The Labute approximate surface area is 228 Å². The molecular weight excluding hydrogens is 492 g/mol. The second-order valence-corrected chi connectivity index (χ2v) is 9.41. The average molecular weight is 543 g/mol. The minimum Gasteiger partial charge on any atom is -0.462 e. The molecule has 9 nitrogen and oxygen atoms in total. The molecule has 0 spiro atoms. The maximum absolute atomic E-state index is 12.0. The monoisotopic (exact) mass is 542 g/mol. The molecular formula is C29H50O9. The summed E-state index contributed by atoms with van der Waals surface area (Å²) < 4.78 is 20.0. The first-order valence-corrected chi connectivity index (χ1v) is 14.5. The first-order chi connectivity index (χ1) is 18.4. The lowest BCUT2D eigenvalue weighted by molar-refractivity contribution is -0.152. The standard InChI is InChI=1S/C29H50O9/c1-3-5-6-7-8-12-18-27(32)37-23-24-38-28(33)19-13-10-9-11-16-25(30)17-14-15-20-29(34)36-22-21-35-26(31)4-2/h3-24H2,1-2H3. The molecule has 220 valence electrons. The molecule has 0 aliphatic rings. The fourth-order valence-corrected chi connectivity index (χ4v) is 3.65. The van der Waals surface area contributed by atoms with E-state index in [4.69, 9.17) is 18.9 Å². The van der Waals surface area contributed by atoms with Crippen molar-refractivity contribution in [2.75, 3.05) is 26.4 Å². The molecule has 0 rings (SSSR count). The maximum atomic E-state index is 12.0. The summed E-state index contributed by atoms with van der Waals surface area (Å²) in [7, 11) is 0. The van der Waals surface area contributed by atoms with Crippen LogP contribution in [0.5, 0.6) is 0 Å². The molecule has 0 heterocycles. The third-order valence-corrected chi connectivity index (χ3v) is 5.92. The summed E-state index contributed by atoms with van der Waals surface area (Å²) in [6, 6.07) is 0. The number of hydrogen-bond donors (Lipinski definition) is 0. The number of ketones is 1. The number of carbonyl (C=O) groups is 5. The minimum atomic E-state index is -0.354. The van der Waals surface area contributed by atoms with Gasteiger partial charge in [-0.15, -0.1) is 0 Å². The lowest BCUT2D eigenvalue weighted by atomic mass is 10.0. The van der Waals surface area contributed by atoms with Crippen molar-refractivity contribution in [3.63, 3.8) is 0 Å². The Kier molecular flexibility index (Phi) is 24.5. The molecule has 0 aliphatic carbocycles. The summed E-state index contributed by atoms with van der Waals surface area (Å²) in [6.45, 7) is 4.16. The van der Waals surface area contributed by atoms with Crippen LogP contribution in [0.3, 0.4) is 0 Å². The van der Waals surface area contributed by atoms with Gasteiger partial charge in [0.25, 0.3) is 0 Å². The summed E-state index contributed by atoms with van der Waals surface area (Å²) in [5.41, 5.74) is 0. The Morgan fingerprint density at radius 2 is 0.711 bits per heavy atom. The van der Waals surface area contributed by atoms with Crippen molar-refractivity contribution in [1.82, 2.24) is 0 Å². The third kappa shape index (κ3) is 25.2. The maximum Gasteiger partial charge on any atom is 0.305 e. The zero-order valence-electron chi connectivity index (χ0n) is 23.7. The van der Waals surface area contributed by atoms with Crippen LogP contribution in [-0.2, 0) is 42.9 Å². The van der Waals surface area contributed by atoms with E-state index < -0.39 is 0 Å². The Morgan fingerprint density at radius 3 is 1.13 bits per heavy atom. The van der Waals surface area contributed by atoms with Crippen molar-refractivity contribution >= 4 is 29.7 Å². The summed E-state index contributed by atoms with van der Waals surface area (Å²) >= 11 is 0. The summed E-state index contributed by atoms with van der Waals surface area (Å²) in [4.78, 5) is 57.9. The Morgan fingerprint density at radius 1 is 0.395 bits per heavy atom.